The lowest BCUT2D eigenvalue weighted by atomic mass is 9.96. The molecule has 180 valence electrons. The summed E-state index contributed by atoms with van der Waals surface area (Å²) in [6.45, 7) is 5.83. The summed E-state index contributed by atoms with van der Waals surface area (Å²) in [5.41, 5.74) is 1.15. The molecular formula is C27H31NO6. The van der Waals surface area contributed by atoms with Crippen molar-refractivity contribution in [2.24, 2.45) is 0 Å². The van der Waals surface area contributed by atoms with Crippen molar-refractivity contribution in [1.29, 1.82) is 0 Å². The van der Waals surface area contributed by atoms with Gasteiger partial charge in [-0.2, -0.15) is 0 Å². The summed E-state index contributed by atoms with van der Waals surface area (Å²) in [7, 11) is 4.42. The molecule has 0 spiro atoms. The fourth-order valence-corrected chi connectivity index (χ4v) is 3.62. The van der Waals surface area contributed by atoms with Crippen LogP contribution in [0.1, 0.15) is 42.3 Å². The minimum atomic E-state index is -0.656. The number of hydrogen-bond donors (Lipinski definition) is 0. The number of amides is 1. The Labute approximate surface area is 200 Å². The Kier molecular flexibility index (Phi) is 7.66. The maximum Gasteiger partial charge on any atom is 0.410 e. The lowest BCUT2D eigenvalue weighted by Crippen LogP contribution is -2.34. The lowest BCUT2D eigenvalue weighted by Gasteiger charge is -2.26. The molecule has 0 heterocycles. The number of benzene rings is 3. The van der Waals surface area contributed by atoms with E-state index in [0.717, 1.165) is 10.9 Å². The van der Waals surface area contributed by atoms with E-state index in [4.69, 9.17) is 18.9 Å². The molecule has 34 heavy (non-hydrogen) atoms. The number of nitrogens with zero attached hydrogens (tertiary/aromatic N) is 1. The Morgan fingerprint density at radius 3 is 2.26 bits per heavy atom. The van der Waals surface area contributed by atoms with Crippen molar-refractivity contribution < 1.29 is 28.5 Å². The van der Waals surface area contributed by atoms with Crippen LogP contribution < -0.4 is 9.47 Å². The van der Waals surface area contributed by atoms with Crippen LogP contribution in [0.5, 0.6) is 11.5 Å². The normalized spacial score (nSPS) is 11.1. The predicted molar refractivity (Wildman–Crippen MR) is 130 cm³/mol. The summed E-state index contributed by atoms with van der Waals surface area (Å²) in [6, 6.07) is 17.2. The molecule has 1 amide bonds. The average molecular weight is 466 g/mol. The maximum atomic E-state index is 12.9. The van der Waals surface area contributed by atoms with Crippen LogP contribution >= 0.6 is 0 Å². The fraction of sp³-hybridized carbons (Fsp3) is 0.333. The molecule has 0 aromatic heterocycles. The molecule has 3 rings (SSSR count). The van der Waals surface area contributed by atoms with Crippen LogP contribution in [0.4, 0.5) is 4.79 Å². The first-order valence-electron chi connectivity index (χ1n) is 11.0. The van der Waals surface area contributed by atoms with Crippen LogP contribution in [0.15, 0.2) is 54.6 Å². The summed E-state index contributed by atoms with van der Waals surface area (Å²) in [5, 5.41) is 1.51. The zero-order chi connectivity index (χ0) is 24.9. The van der Waals surface area contributed by atoms with Gasteiger partial charge in [0.25, 0.3) is 0 Å². The van der Waals surface area contributed by atoms with Gasteiger partial charge < -0.3 is 23.8 Å². The highest BCUT2D eigenvalue weighted by molar-refractivity contribution is 6.04. The highest BCUT2D eigenvalue weighted by Gasteiger charge is 2.27. The third kappa shape index (κ3) is 5.78. The number of hydrogen-bond acceptors (Lipinski definition) is 6. The molecule has 0 saturated carbocycles. The van der Waals surface area contributed by atoms with Crippen LogP contribution in [0, 0.1) is 0 Å². The predicted octanol–water partition coefficient (Wildman–Crippen LogP) is 5.58. The van der Waals surface area contributed by atoms with E-state index >= 15 is 0 Å². The van der Waals surface area contributed by atoms with Gasteiger partial charge >= 0.3 is 12.1 Å². The number of carbonyl (C=O) groups is 2. The molecule has 0 bridgehead atoms. The fourth-order valence-electron chi connectivity index (χ4n) is 3.62. The Balaban J connectivity index is 2.14. The number of fused-ring (bicyclic) bond motifs is 1. The van der Waals surface area contributed by atoms with Crippen molar-refractivity contribution >= 4 is 22.8 Å². The topological polar surface area (TPSA) is 74.3 Å². The number of carbonyl (C=O) groups excluding carboxylic acids is 2. The van der Waals surface area contributed by atoms with Gasteiger partial charge in [0.2, 0.25) is 0 Å². The molecule has 0 aliphatic heterocycles. The van der Waals surface area contributed by atoms with E-state index < -0.39 is 17.7 Å². The van der Waals surface area contributed by atoms with Gasteiger partial charge in [0.1, 0.15) is 29.3 Å². The van der Waals surface area contributed by atoms with Gasteiger partial charge in [0.15, 0.2) is 0 Å². The van der Waals surface area contributed by atoms with E-state index in [-0.39, 0.29) is 12.1 Å². The van der Waals surface area contributed by atoms with Crippen molar-refractivity contribution in [3.8, 4) is 11.5 Å². The molecule has 0 aliphatic rings. The maximum absolute atomic E-state index is 12.9. The third-order valence-corrected chi connectivity index (χ3v) is 5.14. The van der Waals surface area contributed by atoms with Gasteiger partial charge in [-0.25, -0.2) is 9.59 Å². The summed E-state index contributed by atoms with van der Waals surface area (Å²) in [6.07, 6.45) is -0.512. The van der Waals surface area contributed by atoms with Crippen molar-refractivity contribution in [2.45, 2.75) is 39.5 Å². The molecule has 0 N–H and O–H groups in total. The summed E-state index contributed by atoms with van der Waals surface area (Å²) in [5.74, 6) is 0.373. The van der Waals surface area contributed by atoms with Gasteiger partial charge in [-0.1, -0.05) is 42.5 Å². The molecule has 7 nitrogen and oxygen atoms in total. The van der Waals surface area contributed by atoms with Crippen molar-refractivity contribution in [3.63, 3.8) is 0 Å². The largest absolute Gasteiger partial charge is 0.496 e. The molecule has 0 aliphatic carbocycles. The quantitative estimate of drug-likeness (QED) is 0.424. The first-order chi connectivity index (χ1) is 16.1. The van der Waals surface area contributed by atoms with Crippen LogP contribution in [0.2, 0.25) is 0 Å². The van der Waals surface area contributed by atoms with Crippen LogP contribution in [0.25, 0.3) is 10.8 Å². The second-order valence-corrected chi connectivity index (χ2v) is 8.89. The van der Waals surface area contributed by atoms with Crippen LogP contribution in [0.3, 0.4) is 0 Å². The molecule has 3 aromatic rings. The van der Waals surface area contributed by atoms with E-state index in [1.165, 1.54) is 19.1 Å². The van der Waals surface area contributed by atoms with E-state index in [9.17, 15) is 9.59 Å². The molecule has 0 unspecified atom stereocenters. The Bertz CT molecular complexity index is 1170. The monoisotopic (exact) mass is 465 g/mol. The van der Waals surface area contributed by atoms with Gasteiger partial charge in [-0.05, 0) is 43.9 Å². The smallest absolute Gasteiger partial charge is 0.410 e. The molecule has 7 heteroatoms. The first-order valence-corrected chi connectivity index (χ1v) is 11.0. The van der Waals surface area contributed by atoms with Crippen LogP contribution in [-0.4, -0.2) is 43.8 Å². The Morgan fingerprint density at radius 2 is 1.65 bits per heavy atom. The van der Waals surface area contributed by atoms with Gasteiger partial charge in [-0.3, -0.25) is 0 Å². The summed E-state index contributed by atoms with van der Waals surface area (Å²) >= 11 is 0. The molecule has 3 aromatic carbocycles. The third-order valence-electron chi connectivity index (χ3n) is 5.14. The number of rotatable bonds is 7. The van der Waals surface area contributed by atoms with Gasteiger partial charge in [0.05, 0.1) is 20.8 Å². The molecular weight excluding hydrogens is 434 g/mol. The highest BCUT2D eigenvalue weighted by Crippen LogP contribution is 2.38. The van der Waals surface area contributed by atoms with E-state index in [1.807, 2.05) is 48.5 Å². The lowest BCUT2D eigenvalue weighted by molar-refractivity contribution is 0.0283. The second-order valence-electron chi connectivity index (χ2n) is 8.89. The van der Waals surface area contributed by atoms with E-state index in [0.29, 0.717) is 29.1 Å². The zero-order valence-corrected chi connectivity index (χ0v) is 20.5. The standard InChI is InChI=1S/C27H31NO6/c1-27(2,3)34-26(30)28(4)16-20-23-19(15-22(31-5)24(20)25(29)32-6)13-10-14-21(23)33-17-18-11-8-7-9-12-18/h7-15H,16-17H2,1-6H3. The van der Waals surface area contributed by atoms with Crippen molar-refractivity contribution in [2.75, 3.05) is 21.3 Å². The zero-order valence-electron chi connectivity index (χ0n) is 20.5. The summed E-state index contributed by atoms with van der Waals surface area (Å²) < 4.78 is 22.3. The molecule has 0 saturated heterocycles. The van der Waals surface area contributed by atoms with Crippen molar-refractivity contribution in [3.05, 3.63) is 71.3 Å². The Hall–Kier alpha value is -3.74. The molecule has 0 fully saturated rings. The minimum absolute atomic E-state index is 0.0821. The molecule has 0 atom stereocenters. The van der Waals surface area contributed by atoms with Crippen molar-refractivity contribution in [1.82, 2.24) is 4.90 Å². The second kappa shape index (κ2) is 10.5. The SMILES string of the molecule is COC(=O)c1c(OC)cc2cccc(OCc3ccccc3)c2c1CN(C)C(=O)OC(C)(C)C. The number of esters is 1. The number of methoxy groups -OCH3 is 2. The highest BCUT2D eigenvalue weighted by atomic mass is 16.6. The molecule has 0 radical (unpaired) electrons. The van der Waals surface area contributed by atoms with Crippen LogP contribution in [-0.2, 0) is 22.6 Å². The average Bonchev–Trinajstić information content (AvgIpc) is 2.81. The first kappa shape index (κ1) is 24.9. The summed E-state index contributed by atoms with van der Waals surface area (Å²) in [4.78, 5) is 27.0. The van der Waals surface area contributed by atoms with Gasteiger partial charge in [-0.15, -0.1) is 0 Å². The Morgan fingerprint density at radius 1 is 0.941 bits per heavy atom. The van der Waals surface area contributed by atoms with Gasteiger partial charge in [0, 0.05) is 18.0 Å². The van der Waals surface area contributed by atoms with E-state index in [2.05, 4.69) is 0 Å². The van der Waals surface area contributed by atoms with E-state index in [1.54, 1.807) is 33.9 Å². The minimum Gasteiger partial charge on any atom is -0.496 e. The number of ether oxygens (including phenoxy) is 4.